The van der Waals surface area contributed by atoms with Crippen molar-refractivity contribution in [3.8, 4) is 5.69 Å². The standard InChI is InChI=1S/C20H26N2O2/c1-14-10-19(17(4)22(14)18-8-6-5-7-9-18)20(23)13-21-11-15(2)24-16(3)12-21/h5-10,15-16H,11-13H2,1-4H3/t15-,16-/m0/s1. The smallest absolute Gasteiger partial charge is 0.178 e. The highest BCUT2D eigenvalue weighted by Gasteiger charge is 2.25. The number of carbonyl (C=O) groups excluding carboxylic acids is 1. The van der Waals surface area contributed by atoms with E-state index >= 15 is 0 Å². The molecule has 4 nitrogen and oxygen atoms in total. The van der Waals surface area contributed by atoms with Crippen molar-refractivity contribution in [1.29, 1.82) is 0 Å². The predicted octanol–water partition coefficient (Wildman–Crippen LogP) is 3.39. The van der Waals surface area contributed by atoms with E-state index in [4.69, 9.17) is 4.74 Å². The van der Waals surface area contributed by atoms with E-state index < -0.39 is 0 Å². The lowest BCUT2D eigenvalue weighted by Gasteiger charge is -2.34. The molecule has 2 aromatic rings. The zero-order valence-corrected chi connectivity index (χ0v) is 15.0. The molecule has 3 rings (SSSR count). The molecule has 0 N–H and O–H groups in total. The Bertz CT molecular complexity index is 711. The first-order chi connectivity index (χ1) is 11.5. The molecule has 1 aromatic heterocycles. The van der Waals surface area contributed by atoms with Crippen molar-refractivity contribution in [1.82, 2.24) is 9.47 Å². The van der Waals surface area contributed by atoms with Gasteiger partial charge in [0.05, 0.1) is 18.8 Å². The van der Waals surface area contributed by atoms with Gasteiger partial charge in [-0.25, -0.2) is 0 Å². The molecule has 1 aliphatic rings. The van der Waals surface area contributed by atoms with Crippen LogP contribution in [0.15, 0.2) is 36.4 Å². The molecule has 0 saturated carbocycles. The van der Waals surface area contributed by atoms with E-state index in [0.717, 1.165) is 35.7 Å². The number of ketones is 1. The number of aromatic nitrogens is 1. The van der Waals surface area contributed by atoms with Crippen LogP contribution in [-0.4, -0.2) is 47.1 Å². The Hall–Kier alpha value is -1.91. The van der Waals surface area contributed by atoms with E-state index in [9.17, 15) is 4.79 Å². The molecule has 1 aromatic carbocycles. The molecule has 1 aliphatic heterocycles. The summed E-state index contributed by atoms with van der Waals surface area (Å²) in [5.41, 5.74) is 4.02. The molecule has 4 heteroatoms. The Morgan fingerprint density at radius 3 is 2.38 bits per heavy atom. The average molecular weight is 326 g/mol. The number of nitrogens with zero attached hydrogens (tertiary/aromatic N) is 2. The number of ether oxygens (including phenoxy) is 1. The van der Waals surface area contributed by atoms with Crippen LogP contribution in [0.2, 0.25) is 0 Å². The number of Topliss-reactive ketones (excluding diaryl/α,β-unsaturated/α-hetero) is 1. The Kier molecular flexibility index (Phi) is 4.88. The summed E-state index contributed by atoms with van der Waals surface area (Å²) >= 11 is 0. The van der Waals surface area contributed by atoms with E-state index in [0.29, 0.717) is 6.54 Å². The fraction of sp³-hybridized carbons (Fsp3) is 0.450. The summed E-state index contributed by atoms with van der Waals surface area (Å²) < 4.78 is 7.90. The summed E-state index contributed by atoms with van der Waals surface area (Å²) in [5.74, 6) is 0.187. The molecular formula is C20H26N2O2. The Morgan fingerprint density at radius 2 is 1.75 bits per heavy atom. The number of hydrogen-bond acceptors (Lipinski definition) is 3. The molecular weight excluding hydrogens is 300 g/mol. The molecule has 0 radical (unpaired) electrons. The summed E-state index contributed by atoms with van der Waals surface area (Å²) in [6, 6.07) is 12.2. The lowest BCUT2D eigenvalue weighted by Crippen LogP contribution is -2.47. The number of aryl methyl sites for hydroxylation is 1. The summed E-state index contributed by atoms with van der Waals surface area (Å²) in [6.07, 6.45) is 0.358. The van der Waals surface area contributed by atoms with Gasteiger partial charge >= 0.3 is 0 Å². The van der Waals surface area contributed by atoms with Crippen LogP contribution in [0.25, 0.3) is 5.69 Å². The quantitative estimate of drug-likeness (QED) is 0.808. The minimum Gasteiger partial charge on any atom is -0.373 e. The van der Waals surface area contributed by atoms with Gasteiger partial charge in [-0.1, -0.05) is 18.2 Å². The third-order valence-electron chi connectivity index (χ3n) is 4.61. The molecule has 0 unspecified atom stereocenters. The fourth-order valence-electron chi connectivity index (χ4n) is 3.72. The zero-order chi connectivity index (χ0) is 17.3. The van der Waals surface area contributed by atoms with Crippen LogP contribution in [0, 0.1) is 13.8 Å². The van der Waals surface area contributed by atoms with Gasteiger partial charge in [-0.3, -0.25) is 9.69 Å². The normalized spacial score (nSPS) is 21.8. The van der Waals surface area contributed by atoms with Gasteiger partial charge in [-0.2, -0.15) is 0 Å². The maximum absolute atomic E-state index is 12.8. The van der Waals surface area contributed by atoms with Crippen molar-refractivity contribution in [3.63, 3.8) is 0 Å². The van der Waals surface area contributed by atoms with Crippen LogP contribution in [0.3, 0.4) is 0 Å². The number of rotatable bonds is 4. The first-order valence-electron chi connectivity index (χ1n) is 8.61. The van der Waals surface area contributed by atoms with Crippen molar-refractivity contribution in [2.75, 3.05) is 19.6 Å². The highest BCUT2D eigenvalue weighted by molar-refractivity contribution is 5.99. The van der Waals surface area contributed by atoms with Crippen molar-refractivity contribution in [2.45, 2.75) is 39.9 Å². The molecule has 24 heavy (non-hydrogen) atoms. The molecule has 1 fully saturated rings. The number of morpholine rings is 1. The van der Waals surface area contributed by atoms with Gasteiger partial charge in [0, 0.05) is 35.7 Å². The van der Waals surface area contributed by atoms with Crippen molar-refractivity contribution >= 4 is 5.78 Å². The van der Waals surface area contributed by atoms with E-state index in [1.54, 1.807) is 0 Å². The third-order valence-corrected chi connectivity index (χ3v) is 4.61. The summed E-state index contributed by atoms with van der Waals surface area (Å²) in [5, 5.41) is 0. The van der Waals surface area contributed by atoms with Gasteiger partial charge in [0.1, 0.15) is 0 Å². The largest absolute Gasteiger partial charge is 0.373 e. The van der Waals surface area contributed by atoms with E-state index in [1.165, 1.54) is 0 Å². The summed E-state index contributed by atoms with van der Waals surface area (Å²) in [6.45, 7) is 10.3. The zero-order valence-electron chi connectivity index (χ0n) is 15.0. The molecule has 0 spiro atoms. The molecule has 2 atom stereocenters. The van der Waals surface area contributed by atoms with Crippen molar-refractivity contribution < 1.29 is 9.53 Å². The first-order valence-corrected chi connectivity index (χ1v) is 8.61. The van der Waals surface area contributed by atoms with Crippen LogP contribution in [0.1, 0.15) is 35.6 Å². The van der Waals surface area contributed by atoms with Crippen LogP contribution < -0.4 is 0 Å². The van der Waals surface area contributed by atoms with Crippen LogP contribution in [-0.2, 0) is 4.74 Å². The lowest BCUT2D eigenvalue weighted by molar-refractivity contribution is -0.0652. The highest BCUT2D eigenvalue weighted by Crippen LogP contribution is 2.22. The van der Waals surface area contributed by atoms with Gasteiger partial charge < -0.3 is 9.30 Å². The molecule has 128 valence electrons. The maximum Gasteiger partial charge on any atom is 0.178 e. The Balaban J connectivity index is 1.81. The second kappa shape index (κ2) is 6.91. The van der Waals surface area contributed by atoms with Gasteiger partial charge in [0.2, 0.25) is 0 Å². The highest BCUT2D eigenvalue weighted by atomic mass is 16.5. The van der Waals surface area contributed by atoms with E-state index in [-0.39, 0.29) is 18.0 Å². The molecule has 0 bridgehead atoms. The average Bonchev–Trinajstić information content (AvgIpc) is 2.82. The van der Waals surface area contributed by atoms with Gasteiger partial charge in [0.25, 0.3) is 0 Å². The van der Waals surface area contributed by atoms with Crippen molar-refractivity contribution in [3.05, 3.63) is 53.3 Å². The summed E-state index contributed by atoms with van der Waals surface area (Å²) in [7, 11) is 0. The molecule has 2 heterocycles. The third kappa shape index (κ3) is 3.45. The summed E-state index contributed by atoms with van der Waals surface area (Å²) in [4.78, 5) is 15.1. The van der Waals surface area contributed by atoms with Crippen LogP contribution in [0.5, 0.6) is 0 Å². The van der Waals surface area contributed by atoms with Gasteiger partial charge in [-0.15, -0.1) is 0 Å². The topological polar surface area (TPSA) is 34.5 Å². The van der Waals surface area contributed by atoms with Crippen LogP contribution in [0.4, 0.5) is 0 Å². The van der Waals surface area contributed by atoms with Gasteiger partial charge in [0.15, 0.2) is 5.78 Å². The second-order valence-electron chi connectivity index (χ2n) is 6.83. The van der Waals surface area contributed by atoms with Gasteiger partial charge in [-0.05, 0) is 45.9 Å². The van der Waals surface area contributed by atoms with Crippen LogP contribution >= 0.6 is 0 Å². The minimum atomic E-state index is 0.179. The predicted molar refractivity (Wildman–Crippen MR) is 96.0 cm³/mol. The van der Waals surface area contributed by atoms with E-state index in [1.807, 2.05) is 31.2 Å². The van der Waals surface area contributed by atoms with Crippen molar-refractivity contribution in [2.24, 2.45) is 0 Å². The SMILES string of the molecule is Cc1cc(C(=O)CN2C[C@H](C)O[C@@H](C)C2)c(C)n1-c1ccccc1. The second-order valence-corrected chi connectivity index (χ2v) is 6.83. The van der Waals surface area contributed by atoms with E-state index in [2.05, 4.69) is 42.4 Å². The number of para-hydroxylation sites is 1. The lowest BCUT2D eigenvalue weighted by atomic mass is 10.1. The fourth-order valence-corrected chi connectivity index (χ4v) is 3.72. The Labute approximate surface area is 144 Å². The maximum atomic E-state index is 12.8. The number of benzene rings is 1. The Morgan fingerprint density at radius 1 is 1.12 bits per heavy atom. The number of hydrogen-bond donors (Lipinski definition) is 0. The monoisotopic (exact) mass is 326 g/mol. The molecule has 0 aliphatic carbocycles. The number of carbonyl (C=O) groups is 1. The molecule has 1 saturated heterocycles. The minimum absolute atomic E-state index is 0.179. The molecule has 0 amide bonds. The first kappa shape index (κ1) is 16.9.